The number of likely N-dealkylation sites (tertiary alicyclic amines) is 2. The Balaban J connectivity index is 0.000000616. The highest BCUT2D eigenvalue weighted by Crippen LogP contribution is 2.33. The molecule has 42 heavy (non-hydrogen) atoms. The molecule has 2 amide bonds. The minimum absolute atomic E-state index is 0.0680. The number of carbonyl (C=O) groups is 3. The molecule has 0 radical (unpaired) electrons. The number of sulfone groups is 1. The van der Waals surface area contributed by atoms with E-state index in [1.807, 2.05) is 30.3 Å². The number of rotatable bonds is 8. The number of carboxylic acids is 1. The number of carbonyl (C=O) groups excluding carboxylic acids is 2. The normalized spacial score (nSPS) is 19.4. The van der Waals surface area contributed by atoms with Crippen molar-refractivity contribution in [1.82, 2.24) is 15.1 Å². The van der Waals surface area contributed by atoms with E-state index in [2.05, 4.69) is 10.2 Å². The summed E-state index contributed by atoms with van der Waals surface area (Å²) >= 11 is 6.08. The van der Waals surface area contributed by atoms with E-state index in [0.29, 0.717) is 31.3 Å². The van der Waals surface area contributed by atoms with Crippen LogP contribution in [0.15, 0.2) is 48.5 Å². The van der Waals surface area contributed by atoms with Crippen LogP contribution in [0.5, 0.6) is 0 Å². The summed E-state index contributed by atoms with van der Waals surface area (Å²) < 4.78 is 69.0. The van der Waals surface area contributed by atoms with E-state index in [0.717, 1.165) is 31.5 Å². The molecule has 4 rings (SSSR count). The van der Waals surface area contributed by atoms with Crippen LogP contribution in [0.25, 0.3) is 0 Å². The second-order valence-electron chi connectivity index (χ2n) is 10.3. The van der Waals surface area contributed by atoms with E-state index in [1.165, 1.54) is 18.2 Å². The molecule has 2 aromatic carbocycles. The quantitative estimate of drug-likeness (QED) is 0.426. The summed E-state index contributed by atoms with van der Waals surface area (Å²) in [6.07, 6.45) is -3.41. The second kappa shape index (κ2) is 13.8. The third kappa shape index (κ3) is 9.39. The van der Waals surface area contributed by atoms with E-state index >= 15 is 0 Å². The van der Waals surface area contributed by atoms with Gasteiger partial charge in [-0.2, -0.15) is 13.2 Å². The molecular weight excluding hydrogens is 606 g/mol. The summed E-state index contributed by atoms with van der Waals surface area (Å²) in [6.45, 7) is 3.44. The van der Waals surface area contributed by atoms with Gasteiger partial charge in [-0.15, -0.1) is 0 Å². The van der Waals surface area contributed by atoms with Crippen LogP contribution in [0, 0.1) is 17.7 Å². The predicted molar refractivity (Wildman–Crippen MR) is 146 cm³/mol. The van der Waals surface area contributed by atoms with Gasteiger partial charge >= 0.3 is 12.1 Å². The van der Waals surface area contributed by atoms with Gasteiger partial charge < -0.3 is 20.2 Å². The average Bonchev–Trinajstić information content (AvgIpc) is 3.45. The van der Waals surface area contributed by atoms with Gasteiger partial charge in [0.25, 0.3) is 5.91 Å². The highest BCUT2D eigenvalue weighted by atomic mass is 35.5. The number of nitrogens with one attached hydrogen (secondary N) is 1. The molecule has 15 heteroatoms. The Hall–Kier alpha value is -3.23. The fourth-order valence-corrected chi connectivity index (χ4v) is 5.90. The number of alkyl halides is 3. The summed E-state index contributed by atoms with van der Waals surface area (Å²) in [5.74, 6) is -4.20. The Morgan fingerprint density at radius 1 is 1.02 bits per heavy atom. The molecular formula is C27H30ClF4N3O6S. The first-order valence-electron chi connectivity index (χ1n) is 12.8. The van der Waals surface area contributed by atoms with Crippen molar-refractivity contribution in [1.29, 1.82) is 0 Å². The number of amides is 2. The number of aliphatic carboxylic acids is 1. The van der Waals surface area contributed by atoms with Crippen molar-refractivity contribution in [3.63, 3.8) is 0 Å². The van der Waals surface area contributed by atoms with Gasteiger partial charge in [0.15, 0.2) is 9.84 Å². The highest BCUT2D eigenvalue weighted by molar-refractivity contribution is 7.91. The number of hydrogen-bond acceptors (Lipinski definition) is 6. The Labute approximate surface area is 245 Å². The van der Waals surface area contributed by atoms with Crippen molar-refractivity contribution in [2.45, 2.75) is 18.6 Å². The first-order chi connectivity index (χ1) is 19.5. The fourth-order valence-electron chi connectivity index (χ4n) is 5.09. The Morgan fingerprint density at radius 2 is 1.60 bits per heavy atom. The molecule has 2 aliphatic rings. The predicted octanol–water partition coefficient (Wildman–Crippen LogP) is 3.41. The molecule has 2 N–H and O–H groups in total. The second-order valence-corrected chi connectivity index (χ2v) is 12.8. The molecule has 3 atom stereocenters. The summed E-state index contributed by atoms with van der Waals surface area (Å²) in [6, 6.07) is 13.5. The maximum Gasteiger partial charge on any atom is 0.490 e. The molecule has 2 unspecified atom stereocenters. The van der Waals surface area contributed by atoms with Crippen molar-refractivity contribution in [3.05, 3.63) is 70.5 Å². The van der Waals surface area contributed by atoms with Gasteiger partial charge in [0.1, 0.15) is 11.6 Å². The van der Waals surface area contributed by atoms with Gasteiger partial charge in [0, 0.05) is 39.0 Å². The lowest BCUT2D eigenvalue weighted by atomic mass is 10.0. The van der Waals surface area contributed by atoms with Crippen LogP contribution in [0.4, 0.5) is 17.6 Å². The summed E-state index contributed by atoms with van der Waals surface area (Å²) in [5.41, 5.74) is 0.855. The van der Waals surface area contributed by atoms with Crippen LogP contribution in [-0.4, -0.2) is 92.0 Å². The molecule has 2 saturated heterocycles. The van der Waals surface area contributed by atoms with Crippen molar-refractivity contribution in [2.75, 3.05) is 44.7 Å². The van der Waals surface area contributed by atoms with Gasteiger partial charge in [-0.25, -0.2) is 17.6 Å². The molecule has 2 heterocycles. The summed E-state index contributed by atoms with van der Waals surface area (Å²) in [7, 11) is -3.42. The molecule has 0 aromatic heterocycles. The number of hydrogen-bond donors (Lipinski definition) is 2. The highest BCUT2D eigenvalue weighted by Gasteiger charge is 2.42. The average molecular weight is 636 g/mol. The van der Waals surface area contributed by atoms with Crippen molar-refractivity contribution in [3.8, 4) is 0 Å². The van der Waals surface area contributed by atoms with Gasteiger partial charge in [-0.3, -0.25) is 9.59 Å². The lowest BCUT2D eigenvalue weighted by molar-refractivity contribution is -0.192. The van der Waals surface area contributed by atoms with Crippen LogP contribution in [-0.2, 0) is 19.4 Å². The SMILES string of the molecule is CS(=O)(=O)CC(=O)N[C@@H](CCN1CC2CN(C(=O)c3c(F)cccc3Cl)CC2C1)c1ccccc1.O=C(O)C(F)(F)F. The fraction of sp³-hybridized carbons (Fsp3) is 0.444. The van der Waals surface area contributed by atoms with Crippen molar-refractivity contribution in [2.24, 2.45) is 11.8 Å². The van der Waals surface area contributed by atoms with Gasteiger partial charge in [0.05, 0.1) is 16.6 Å². The van der Waals surface area contributed by atoms with Gasteiger partial charge in [0.2, 0.25) is 5.91 Å². The van der Waals surface area contributed by atoms with Crippen molar-refractivity contribution < 1.29 is 45.5 Å². The minimum atomic E-state index is -5.08. The zero-order valence-electron chi connectivity index (χ0n) is 22.5. The molecule has 0 bridgehead atoms. The van der Waals surface area contributed by atoms with Gasteiger partial charge in [-0.1, -0.05) is 48.0 Å². The minimum Gasteiger partial charge on any atom is -0.475 e. The molecule has 2 aliphatic heterocycles. The summed E-state index contributed by atoms with van der Waals surface area (Å²) in [4.78, 5) is 38.1. The molecule has 2 aromatic rings. The maximum absolute atomic E-state index is 14.2. The molecule has 0 spiro atoms. The first kappa shape index (κ1) is 33.3. The Kier molecular flexibility index (Phi) is 11.0. The van der Waals surface area contributed by atoms with Crippen LogP contribution in [0.1, 0.15) is 28.4 Å². The Bertz CT molecular complexity index is 1360. The molecule has 2 fully saturated rings. The number of halogens is 5. The third-order valence-electron chi connectivity index (χ3n) is 6.93. The van der Waals surface area contributed by atoms with E-state index < -0.39 is 39.5 Å². The number of carboxylic acid groups (broad SMARTS) is 1. The van der Waals surface area contributed by atoms with Crippen LogP contribution in [0.3, 0.4) is 0 Å². The smallest absolute Gasteiger partial charge is 0.475 e. The number of nitrogens with zero attached hydrogens (tertiary/aromatic N) is 2. The van der Waals surface area contributed by atoms with E-state index in [-0.39, 0.29) is 22.5 Å². The van der Waals surface area contributed by atoms with Crippen LogP contribution < -0.4 is 5.32 Å². The Morgan fingerprint density at radius 3 is 2.10 bits per heavy atom. The van der Waals surface area contributed by atoms with Crippen LogP contribution in [0.2, 0.25) is 5.02 Å². The lowest BCUT2D eigenvalue weighted by Crippen LogP contribution is -2.37. The van der Waals surface area contributed by atoms with Crippen molar-refractivity contribution >= 4 is 39.2 Å². The largest absolute Gasteiger partial charge is 0.490 e. The molecule has 0 aliphatic carbocycles. The molecule has 230 valence electrons. The number of fused-ring (bicyclic) bond motifs is 1. The molecule has 9 nitrogen and oxygen atoms in total. The zero-order chi connectivity index (χ0) is 31.2. The van der Waals surface area contributed by atoms with E-state index in [1.54, 1.807) is 4.90 Å². The topological polar surface area (TPSA) is 124 Å². The van der Waals surface area contributed by atoms with Gasteiger partial charge in [-0.05, 0) is 36.0 Å². The standard InChI is InChI=1S/C25H29ClFN3O4S.C2HF3O2/c1-35(33,34)16-23(31)28-22(17-6-3-2-4-7-17)10-11-29-12-18-14-30(15-19(18)13-29)25(32)24-20(26)8-5-9-21(24)27;3-2(4,5)1(6)7/h2-9,18-19,22H,10-16H2,1H3,(H,28,31);(H,6,7)/t18?,19?,22-;/m0./s1. The lowest BCUT2D eigenvalue weighted by Gasteiger charge is -2.25. The summed E-state index contributed by atoms with van der Waals surface area (Å²) in [5, 5.41) is 10.1. The monoisotopic (exact) mass is 635 g/mol. The van der Waals surface area contributed by atoms with Crippen LogP contribution >= 0.6 is 11.6 Å². The number of benzene rings is 2. The zero-order valence-corrected chi connectivity index (χ0v) is 24.1. The molecule has 0 saturated carbocycles. The van der Waals surface area contributed by atoms with E-state index in [4.69, 9.17) is 21.5 Å². The maximum atomic E-state index is 14.2. The first-order valence-corrected chi connectivity index (χ1v) is 15.3. The third-order valence-corrected chi connectivity index (χ3v) is 8.03. The van der Waals surface area contributed by atoms with E-state index in [9.17, 15) is 35.6 Å².